The molecule has 2 amide bonds. The van der Waals surface area contributed by atoms with E-state index in [1.807, 2.05) is 11.0 Å². The van der Waals surface area contributed by atoms with Crippen molar-refractivity contribution in [2.45, 2.75) is 69.2 Å². The van der Waals surface area contributed by atoms with Crippen LogP contribution in [-0.4, -0.2) is 56.2 Å². The lowest BCUT2D eigenvalue weighted by molar-refractivity contribution is -0.0248. The van der Waals surface area contributed by atoms with Crippen LogP contribution in [0.2, 0.25) is 0 Å². The maximum Gasteiger partial charge on any atom is 0.320 e. The molecule has 0 spiro atoms. The number of hydrogen-bond donors (Lipinski definition) is 0. The second-order valence-corrected chi connectivity index (χ2v) is 11.6. The summed E-state index contributed by atoms with van der Waals surface area (Å²) in [7, 11) is -3.31. The fraction of sp³-hybridized carbons (Fsp3) is 0.682. The molecule has 4 rings (SSSR count). The normalized spacial score (nSPS) is 29.4. The predicted octanol–water partition coefficient (Wildman–Crippen LogP) is 3.61. The standard InChI is InChI=1S/C22H32N2O3S/c1-21(2)19-15-16-17(9-8-10-18(16)28(4,26)27)22(21,3)11-14-24(19)20(25)23-12-6-5-7-13-23/h8-10,19H,5-7,11-15H2,1-4H3/t19-,22+/m1/s1. The topological polar surface area (TPSA) is 57.7 Å². The number of piperidine rings is 2. The first-order valence-electron chi connectivity index (χ1n) is 10.5. The number of urea groups is 1. The Bertz CT molecular complexity index is 902. The predicted molar refractivity (Wildman–Crippen MR) is 110 cm³/mol. The van der Waals surface area contributed by atoms with Crippen molar-refractivity contribution in [1.82, 2.24) is 9.80 Å². The molecule has 2 heterocycles. The number of rotatable bonds is 1. The Morgan fingerprint density at radius 2 is 1.75 bits per heavy atom. The minimum absolute atomic E-state index is 0.0103. The van der Waals surface area contributed by atoms with Crippen LogP contribution in [-0.2, 0) is 21.7 Å². The van der Waals surface area contributed by atoms with E-state index < -0.39 is 9.84 Å². The number of amides is 2. The monoisotopic (exact) mass is 404 g/mol. The van der Waals surface area contributed by atoms with Gasteiger partial charge in [0, 0.05) is 37.3 Å². The molecule has 2 aliphatic heterocycles. The average Bonchev–Trinajstić information content (AvgIpc) is 2.64. The SMILES string of the molecule is CC1(C)[C@H]2Cc3c(cccc3S(C)(=O)=O)[C@]1(C)CCN2C(=O)N1CCCCC1. The van der Waals surface area contributed by atoms with E-state index in [2.05, 4.69) is 31.7 Å². The number of sulfone groups is 1. The van der Waals surface area contributed by atoms with E-state index in [9.17, 15) is 13.2 Å². The second-order valence-electron chi connectivity index (χ2n) is 9.60. The lowest BCUT2D eigenvalue weighted by Gasteiger charge is -2.61. The minimum Gasteiger partial charge on any atom is -0.325 e. The molecule has 6 heteroatoms. The molecule has 0 saturated carbocycles. The third kappa shape index (κ3) is 2.78. The fourth-order valence-corrected chi connectivity index (χ4v) is 6.72. The molecule has 2 fully saturated rings. The summed E-state index contributed by atoms with van der Waals surface area (Å²) in [6.07, 6.45) is 6.11. The number of carbonyl (C=O) groups excluding carboxylic acids is 1. The van der Waals surface area contributed by atoms with Gasteiger partial charge in [-0.05, 0) is 54.7 Å². The van der Waals surface area contributed by atoms with Crippen LogP contribution in [0.15, 0.2) is 23.1 Å². The Kier molecular flexibility index (Phi) is 4.57. The highest BCUT2D eigenvalue weighted by molar-refractivity contribution is 7.90. The number of likely N-dealkylation sites (tertiary alicyclic amines) is 2. The highest BCUT2D eigenvalue weighted by atomic mass is 32.2. The molecule has 0 aromatic heterocycles. The molecular formula is C22H32N2O3S. The van der Waals surface area contributed by atoms with Gasteiger partial charge in [-0.2, -0.15) is 0 Å². The molecule has 5 nitrogen and oxygen atoms in total. The summed E-state index contributed by atoms with van der Waals surface area (Å²) in [5, 5.41) is 0. The Morgan fingerprint density at radius 1 is 1.07 bits per heavy atom. The first-order chi connectivity index (χ1) is 13.1. The number of benzene rings is 1. The summed E-state index contributed by atoms with van der Waals surface area (Å²) in [5.74, 6) is 0. The quantitative estimate of drug-likeness (QED) is 0.718. The molecule has 0 unspecified atom stereocenters. The maximum absolute atomic E-state index is 13.4. The summed E-state index contributed by atoms with van der Waals surface area (Å²) >= 11 is 0. The highest BCUT2D eigenvalue weighted by Crippen LogP contribution is 2.56. The van der Waals surface area contributed by atoms with Gasteiger partial charge in [-0.15, -0.1) is 0 Å². The van der Waals surface area contributed by atoms with Crippen LogP contribution < -0.4 is 0 Å². The molecule has 1 aromatic rings. The molecule has 2 saturated heterocycles. The molecule has 3 aliphatic rings. The first kappa shape index (κ1) is 19.7. The van der Waals surface area contributed by atoms with Crippen molar-refractivity contribution in [3.8, 4) is 0 Å². The number of fused-ring (bicyclic) bond motifs is 4. The van der Waals surface area contributed by atoms with Gasteiger partial charge < -0.3 is 9.80 Å². The van der Waals surface area contributed by atoms with Gasteiger partial charge in [-0.3, -0.25) is 0 Å². The number of carbonyl (C=O) groups is 1. The van der Waals surface area contributed by atoms with Crippen molar-refractivity contribution in [2.75, 3.05) is 25.9 Å². The zero-order chi connectivity index (χ0) is 20.3. The van der Waals surface area contributed by atoms with Crippen molar-refractivity contribution in [3.05, 3.63) is 29.3 Å². The summed E-state index contributed by atoms with van der Waals surface area (Å²) < 4.78 is 24.9. The second kappa shape index (κ2) is 6.48. The van der Waals surface area contributed by atoms with E-state index in [1.165, 1.54) is 12.7 Å². The third-order valence-corrected chi connectivity index (χ3v) is 9.06. The van der Waals surface area contributed by atoms with Crippen LogP contribution >= 0.6 is 0 Å². The van der Waals surface area contributed by atoms with Gasteiger partial charge in [0.2, 0.25) is 0 Å². The largest absolute Gasteiger partial charge is 0.325 e. The molecule has 154 valence electrons. The van der Waals surface area contributed by atoms with Crippen molar-refractivity contribution >= 4 is 15.9 Å². The lowest BCUT2D eigenvalue weighted by Crippen LogP contribution is -2.66. The van der Waals surface area contributed by atoms with E-state index in [0.29, 0.717) is 11.3 Å². The van der Waals surface area contributed by atoms with Crippen LogP contribution in [0, 0.1) is 5.41 Å². The molecule has 28 heavy (non-hydrogen) atoms. The third-order valence-electron chi connectivity index (χ3n) is 7.88. The van der Waals surface area contributed by atoms with Crippen LogP contribution in [0.3, 0.4) is 0 Å². The van der Waals surface area contributed by atoms with Crippen LogP contribution in [0.5, 0.6) is 0 Å². The molecule has 2 atom stereocenters. The Morgan fingerprint density at radius 3 is 2.39 bits per heavy atom. The molecule has 1 aromatic carbocycles. The Balaban J connectivity index is 1.79. The number of nitrogens with zero attached hydrogens (tertiary/aromatic N) is 2. The molecule has 0 radical (unpaired) electrons. The first-order valence-corrected chi connectivity index (χ1v) is 12.3. The maximum atomic E-state index is 13.4. The summed E-state index contributed by atoms with van der Waals surface area (Å²) in [5.41, 5.74) is 1.81. The van der Waals surface area contributed by atoms with E-state index in [1.54, 1.807) is 6.07 Å². The van der Waals surface area contributed by atoms with Gasteiger partial charge >= 0.3 is 6.03 Å². The average molecular weight is 405 g/mol. The fourth-order valence-electron chi connectivity index (χ4n) is 5.76. The van der Waals surface area contributed by atoms with Crippen molar-refractivity contribution in [1.29, 1.82) is 0 Å². The zero-order valence-electron chi connectivity index (χ0n) is 17.5. The summed E-state index contributed by atoms with van der Waals surface area (Å²) in [4.78, 5) is 17.9. The van der Waals surface area contributed by atoms with Crippen LogP contribution in [0.4, 0.5) is 4.79 Å². The van der Waals surface area contributed by atoms with Gasteiger partial charge in [0.05, 0.1) is 4.90 Å². The molecular weight excluding hydrogens is 372 g/mol. The van der Waals surface area contributed by atoms with Gasteiger partial charge in [0.1, 0.15) is 0 Å². The Labute approximate surface area is 169 Å². The van der Waals surface area contributed by atoms with Crippen LogP contribution in [0.1, 0.15) is 57.6 Å². The van der Waals surface area contributed by atoms with Crippen molar-refractivity contribution in [3.63, 3.8) is 0 Å². The van der Waals surface area contributed by atoms with E-state index in [4.69, 9.17) is 0 Å². The van der Waals surface area contributed by atoms with Gasteiger partial charge in [0.15, 0.2) is 9.84 Å². The molecule has 1 aliphatic carbocycles. The Hall–Kier alpha value is -1.56. The summed E-state index contributed by atoms with van der Waals surface area (Å²) in [6.45, 7) is 9.18. The van der Waals surface area contributed by atoms with E-state index in [-0.39, 0.29) is 22.9 Å². The van der Waals surface area contributed by atoms with Gasteiger partial charge in [-0.1, -0.05) is 32.9 Å². The van der Waals surface area contributed by atoms with Gasteiger partial charge in [-0.25, -0.2) is 13.2 Å². The minimum atomic E-state index is -3.31. The number of hydrogen-bond acceptors (Lipinski definition) is 3. The van der Waals surface area contributed by atoms with Crippen molar-refractivity contribution in [2.24, 2.45) is 5.41 Å². The van der Waals surface area contributed by atoms with Crippen molar-refractivity contribution < 1.29 is 13.2 Å². The van der Waals surface area contributed by atoms with Gasteiger partial charge in [0.25, 0.3) is 0 Å². The van der Waals surface area contributed by atoms with E-state index in [0.717, 1.165) is 50.0 Å². The van der Waals surface area contributed by atoms with E-state index >= 15 is 0 Å². The summed E-state index contributed by atoms with van der Waals surface area (Å²) in [6, 6.07) is 5.85. The van der Waals surface area contributed by atoms with Crippen LogP contribution in [0.25, 0.3) is 0 Å². The molecule has 0 N–H and O–H groups in total. The zero-order valence-corrected chi connectivity index (χ0v) is 18.3. The lowest BCUT2D eigenvalue weighted by atomic mass is 9.51. The highest BCUT2D eigenvalue weighted by Gasteiger charge is 2.57. The molecule has 2 bridgehead atoms. The smallest absolute Gasteiger partial charge is 0.320 e.